The summed E-state index contributed by atoms with van der Waals surface area (Å²) in [6.45, 7) is 6.71. The first-order valence-corrected chi connectivity index (χ1v) is 8.43. The van der Waals surface area contributed by atoms with Crippen LogP contribution in [0.1, 0.15) is 31.3 Å². The number of rotatable bonds is 2. The molecule has 3 heterocycles. The van der Waals surface area contributed by atoms with Crippen molar-refractivity contribution in [1.29, 1.82) is 0 Å². The summed E-state index contributed by atoms with van der Waals surface area (Å²) in [6, 6.07) is 2.70. The summed E-state index contributed by atoms with van der Waals surface area (Å²) >= 11 is 0. The number of nitro groups is 1. The minimum absolute atomic E-state index is 0.0501. The number of morpholine rings is 1. The Kier molecular flexibility index (Phi) is 4.83. The third-order valence-electron chi connectivity index (χ3n) is 3.93. The molecule has 0 spiro atoms. The van der Waals surface area contributed by atoms with Crippen LogP contribution in [0.2, 0.25) is 0 Å². The first kappa shape index (κ1) is 18.8. The van der Waals surface area contributed by atoms with Crippen molar-refractivity contribution >= 4 is 28.7 Å². The summed E-state index contributed by atoms with van der Waals surface area (Å²) < 4.78 is 11.7. The maximum atomic E-state index is 13.0. The minimum Gasteiger partial charge on any atom is -0.443 e. The van der Waals surface area contributed by atoms with Crippen molar-refractivity contribution in [2.24, 2.45) is 0 Å². The molecule has 2 aromatic rings. The molecular formula is C17H20N4O6. The Hall–Kier alpha value is -3.01. The molecule has 0 aliphatic carbocycles. The van der Waals surface area contributed by atoms with Crippen LogP contribution < -0.4 is 0 Å². The van der Waals surface area contributed by atoms with Gasteiger partial charge in [0.25, 0.3) is 11.6 Å². The fraction of sp³-hybridized carbons (Fsp3) is 0.471. The average Bonchev–Trinajstić information content (AvgIpc) is 2.99. The summed E-state index contributed by atoms with van der Waals surface area (Å²) in [5.41, 5.74) is -0.830. The van der Waals surface area contributed by atoms with Crippen LogP contribution in [0.3, 0.4) is 0 Å². The number of pyridine rings is 1. The van der Waals surface area contributed by atoms with Gasteiger partial charge in [-0.2, -0.15) is 0 Å². The summed E-state index contributed by atoms with van der Waals surface area (Å²) in [7, 11) is 0. The molecule has 0 bridgehead atoms. The van der Waals surface area contributed by atoms with Gasteiger partial charge in [-0.15, -0.1) is 0 Å². The SMILES string of the molecule is CC(C)(C)OC(=O)n1c(C(=O)N2CCOCC2)cc2cc([N+](=O)[O-])cnc21. The van der Waals surface area contributed by atoms with Crippen LogP contribution >= 0.6 is 0 Å². The molecule has 1 amide bonds. The highest BCUT2D eigenvalue weighted by Crippen LogP contribution is 2.25. The summed E-state index contributed by atoms with van der Waals surface area (Å²) in [5.74, 6) is -0.384. The molecule has 144 valence electrons. The largest absolute Gasteiger partial charge is 0.443 e. The van der Waals surface area contributed by atoms with E-state index < -0.39 is 16.6 Å². The van der Waals surface area contributed by atoms with Crippen molar-refractivity contribution < 1.29 is 24.0 Å². The number of hydrogen-bond donors (Lipinski definition) is 0. The lowest BCUT2D eigenvalue weighted by Gasteiger charge is -2.27. The van der Waals surface area contributed by atoms with Gasteiger partial charge in [0.15, 0.2) is 5.65 Å². The highest BCUT2D eigenvalue weighted by atomic mass is 16.6. The number of aromatic nitrogens is 2. The fourth-order valence-corrected chi connectivity index (χ4v) is 2.76. The monoisotopic (exact) mass is 376 g/mol. The van der Waals surface area contributed by atoms with E-state index in [1.54, 1.807) is 25.7 Å². The van der Waals surface area contributed by atoms with Crippen LogP contribution in [0.5, 0.6) is 0 Å². The smallest absolute Gasteiger partial charge is 0.420 e. The molecule has 0 N–H and O–H groups in total. The number of hydrogen-bond acceptors (Lipinski definition) is 7. The van der Waals surface area contributed by atoms with Crippen LogP contribution in [-0.4, -0.2) is 63.3 Å². The molecule has 2 aromatic heterocycles. The number of fused-ring (bicyclic) bond motifs is 1. The van der Waals surface area contributed by atoms with E-state index in [1.165, 1.54) is 12.1 Å². The number of nitrogens with zero attached hydrogens (tertiary/aromatic N) is 4. The third-order valence-corrected chi connectivity index (χ3v) is 3.93. The molecule has 1 aliphatic rings. The second-order valence-electron chi connectivity index (χ2n) is 7.11. The molecule has 0 aromatic carbocycles. The number of carbonyl (C=O) groups excluding carboxylic acids is 2. The van der Waals surface area contributed by atoms with Crippen molar-refractivity contribution in [3.05, 3.63) is 34.1 Å². The van der Waals surface area contributed by atoms with Gasteiger partial charge >= 0.3 is 6.09 Å². The summed E-state index contributed by atoms with van der Waals surface area (Å²) in [5, 5.41) is 11.3. The summed E-state index contributed by atoms with van der Waals surface area (Å²) in [4.78, 5) is 41.7. The van der Waals surface area contributed by atoms with E-state index in [9.17, 15) is 19.7 Å². The van der Waals surface area contributed by atoms with E-state index in [2.05, 4.69) is 4.98 Å². The Bertz CT molecular complexity index is 908. The van der Waals surface area contributed by atoms with Gasteiger partial charge in [-0.1, -0.05) is 0 Å². The zero-order valence-electron chi connectivity index (χ0n) is 15.3. The van der Waals surface area contributed by atoms with E-state index in [-0.39, 0.29) is 22.9 Å². The summed E-state index contributed by atoms with van der Waals surface area (Å²) in [6.07, 6.45) is 0.280. The van der Waals surface area contributed by atoms with Gasteiger partial charge in [-0.05, 0) is 26.8 Å². The van der Waals surface area contributed by atoms with Crippen LogP contribution in [0.4, 0.5) is 10.5 Å². The Morgan fingerprint density at radius 3 is 2.52 bits per heavy atom. The van der Waals surface area contributed by atoms with Gasteiger partial charge in [0, 0.05) is 24.5 Å². The van der Waals surface area contributed by atoms with E-state index >= 15 is 0 Å². The van der Waals surface area contributed by atoms with E-state index in [0.29, 0.717) is 31.7 Å². The van der Waals surface area contributed by atoms with Gasteiger partial charge in [-0.3, -0.25) is 14.9 Å². The maximum Gasteiger partial charge on any atom is 0.420 e. The molecule has 10 nitrogen and oxygen atoms in total. The molecule has 1 fully saturated rings. The lowest BCUT2D eigenvalue weighted by atomic mass is 10.2. The van der Waals surface area contributed by atoms with Crippen molar-refractivity contribution in [3.8, 4) is 0 Å². The van der Waals surface area contributed by atoms with Gasteiger partial charge in [0.05, 0.1) is 18.1 Å². The second kappa shape index (κ2) is 6.95. The zero-order chi connectivity index (χ0) is 19.8. The Morgan fingerprint density at radius 1 is 1.26 bits per heavy atom. The Morgan fingerprint density at radius 2 is 1.93 bits per heavy atom. The normalized spacial score (nSPS) is 15.0. The van der Waals surface area contributed by atoms with Crippen molar-refractivity contribution in [1.82, 2.24) is 14.5 Å². The van der Waals surface area contributed by atoms with Crippen LogP contribution in [0.15, 0.2) is 18.3 Å². The van der Waals surface area contributed by atoms with Gasteiger partial charge in [0.1, 0.15) is 17.5 Å². The molecule has 0 unspecified atom stereocenters. The maximum absolute atomic E-state index is 13.0. The molecular weight excluding hydrogens is 356 g/mol. The van der Waals surface area contributed by atoms with Crippen molar-refractivity contribution in [2.75, 3.05) is 26.3 Å². The fourth-order valence-electron chi connectivity index (χ4n) is 2.76. The van der Waals surface area contributed by atoms with Crippen LogP contribution in [0.25, 0.3) is 11.0 Å². The van der Waals surface area contributed by atoms with Crippen LogP contribution in [-0.2, 0) is 9.47 Å². The quantitative estimate of drug-likeness (QED) is 0.582. The minimum atomic E-state index is -0.784. The number of carbonyl (C=O) groups is 2. The lowest BCUT2D eigenvalue weighted by Crippen LogP contribution is -2.42. The van der Waals surface area contributed by atoms with Crippen molar-refractivity contribution in [2.45, 2.75) is 26.4 Å². The highest BCUT2D eigenvalue weighted by molar-refractivity contribution is 6.03. The molecule has 0 saturated carbocycles. The van der Waals surface area contributed by atoms with Crippen LogP contribution in [0, 0.1) is 10.1 Å². The highest BCUT2D eigenvalue weighted by Gasteiger charge is 2.29. The molecule has 3 rings (SSSR count). The average molecular weight is 376 g/mol. The lowest BCUT2D eigenvalue weighted by molar-refractivity contribution is -0.385. The predicted molar refractivity (Wildman–Crippen MR) is 94.7 cm³/mol. The van der Waals surface area contributed by atoms with E-state index in [4.69, 9.17) is 9.47 Å². The van der Waals surface area contributed by atoms with Gasteiger partial charge in [0.2, 0.25) is 0 Å². The first-order valence-electron chi connectivity index (χ1n) is 8.43. The molecule has 0 atom stereocenters. The molecule has 1 aliphatic heterocycles. The zero-order valence-corrected chi connectivity index (χ0v) is 15.3. The topological polar surface area (TPSA) is 117 Å². The van der Waals surface area contributed by atoms with E-state index in [0.717, 1.165) is 10.8 Å². The standard InChI is InChI=1S/C17H20N4O6/c1-17(2,3)27-16(23)20-13(15(22)19-4-6-26-7-5-19)9-11-8-12(21(24)25)10-18-14(11)20/h8-10H,4-7H2,1-3H3. The number of amides is 1. The Labute approximate surface area is 154 Å². The Balaban J connectivity index is 2.11. The molecule has 27 heavy (non-hydrogen) atoms. The molecule has 0 radical (unpaired) electrons. The first-order chi connectivity index (χ1) is 12.7. The third kappa shape index (κ3) is 3.90. The van der Waals surface area contributed by atoms with Crippen molar-refractivity contribution in [3.63, 3.8) is 0 Å². The van der Waals surface area contributed by atoms with Gasteiger partial charge in [-0.25, -0.2) is 14.3 Å². The molecule has 10 heteroatoms. The molecule has 1 saturated heterocycles. The predicted octanol–water partition coefficient (Wildman–Crippen LogP) is 2.20. The van der Waals surface area contributed by atoms with Gasteiger partial charge < -0.3 is 14.4 Å². The second-order valence-corrected chi connectivity index (χ2v) is 7.11. The number of ether oxygens (including phenoxy) is 2. The van der Waals surface area contributed by atoms with E-state index in [1.807, 2.05) is 0 Å².